The lowest BCUT2D eigenvalue weighted by molar-refractivity contribution is -0.394. The van der Waals surface area contributed by atoms with Gasteiger partial charge in [0.15, 0.2) is 0 Å². The highest BCUT2D eigenvalue weighted by Crippen LogP contribution is 2.34. The van der Waals surface area contributed by atoms with E-state index in [1.54, 1.807) is 12.1 Å². The molecular formula is C16H18N6O9S. The summed E-state index contributed by atoms with van der Waals surface area (Å²) in [4.78, 5) is 20.0. The first-order valence-electron chi connectivity index (χ1n) is 8.22. The molecule has 172 valence electrons. The third-order valence-corrected chi connectivity index (χ3v) is 4.36. The molecule has 0 saturated heterocycles. The Morgan fingerprint density at radius 1 is 1.19 bits per heavy atom. The number of methoxy groups -OCH3 is 1. The first-order valence-corrected chi connectivity index (χ1v) is 9.66. The van der Waals surface area contributed by atoms with Gasteiger partial charge in [-0.15, -0.1) is 5.10 Å². The summed E-state index contributed by atoms with van der Waals surface area (Å²) in [6, 6.07) is 7.78. The van der Waals surface area contributed by atoms with Gasteiger partial charge in [-0.1, -0.05) is 17.7 Å². The van der Waals surface area contributed by atoms with Gasteiger partial charge >= 0.3 is 5.69 Å². The van der Waals surface area contributed by atoms with E-state index in [9.17, 15) is 28.6 Å². The summed E-state index contributed by atoms with van der Waals surface area (Å²) < 4.78 is 34.4. The molecule has 2 aromatic carbocycles. The molecule has 0 aliphatic heterocycles. The zero-order valence-electron chi connectivity index (χ0n) is 16.6. The summed E-state index contributed by atoms with van der Waals surface area (Å²) in [7, 11) is -2.85. The Balaban J connectivity index is 0.000000389. The molecule has 5 N–H and O–H groups in total. The molecular weight excluding hydrogens is 452 g/mol. The third kappa shape index (κ3) is 7.59. The minimum Gasteiger partial charge on any atom is -0.490 e. The Kier molecular flexibility index (Phi) is 9.14. The maximum absolute atomic E-state index is 10.9. The molecule has 0 unspecified atom stereocenters. The molecule has 0 spiro atoms. The van der Waals surface area contributed by atoms with Crippen LogP contribution in [0.3, 0.4) is 0 Å². The largest absolute Gasteiger partial charge is 0.490 e. The van der Waals surface area contributed by atoms with E-state index in [4.69, 9.17) is 20.2 Å². The van der Waals surface area contributed by atoms with Crippen molar-refractivity contribution in [2.75, 3.05) is 7.11 Å². The van der Waals surface area contributed by atoms with Crippen molar-refractivity contribution in [1.82, 2.24) is 5.48 Å². The van der Waals surface area contributed by atoms with Gasteiger partial charge in [0.2, 0.25) is 11.7 Å². The van der Waals surface area contributed by atoms with E-state index in [1.807, 2.05) is 6.92 Å². The molecule has 0 fully saturated rings. The van der Waals surface area contributed by atoms with Crippen LogP contribution in [0, 0.1) is 27.2 Å². The van der Waals surface area contributed by atoms with Crippen LogP contribution in [0.4, 0.5) is 11.4 Å². The zero-order valence-corrected chi connectivity index (χ0v) is 17.4. The Bertz CT molecular complexity index is 1150. The van der Waals surface area contributed by atoms with E-state index in [0.29, 0.717) is 0 Å². The molecule has 0 saturated carbocycles. The minimum absolute atomic E-state index is 0.0483. The molecule has 0 heterocycles. The number of nitrogens with one attached hydrogen (secondary N) is 1. The number of nitrogens with zero attached hydrogens (tertiary/aromatic N) is 4. The SMILES string of the molecule is COc1c(/C=N/N=C(\N)NO)cc([N+](=O)[O-])cc1[N+](=O)[O-].Cc1ccc(S(=O)(=O)O)cc1. The standard InChI is InChI=1S/C9H10N6O6.C7H8O3S/c1-21-8-5(4-11-12-9(10)13-16)2-6(14(17)18)3-7(8)15(19)20;1-6-2-4-7(5-3-6)11(8,9)10/h2-4,16H,1H3,(H3,10,12,13);2-5H,1H3,(H,8,9,10)/b11-4+;. The number of ether oxygens (including phenoxy) is 1. The molecule has 2 aromatic rings. The van der Waals surface area contributed by atoms with Crippen LogP contribution in [0.2, 0.25) is 0 Å². The van der Waals surface area contributed by atoms with Crippen molar-refractivity contribution in [1.29, 1.82) is 0 Å². The summed E-state index contributed by atoms with van der Waals surface area (Å²) in [6.45, 7) is 1.84. The summed E-state index contributed by atoms with van der Waals surface area (Å²) in [6.07, 6.45) is 0.961. The molecule has 2 rings (SSSR count). The average molecular weight is 470 g/mol. The van der Waals surface area contributed by atoms with E-state index >= 15 is 0 Å². The van der Waals surface area contributed by atoms with Gasteiger partial charge in [-0.3, -0.25) is 30.0 Å². The second-order valence-corrected chi connectivity index (χ2v) is 7.15. The van der Waals surface area contributed by atoms with Gasteiger partial charge in [-0.2, -0.15) is 13.5 Å². The number of hydroxylamine groups is 1. The highest BCUT2D eigenvalue weighted by molar-refractivity contribution is 7.85. The Hall–Kier alpha value is -4.15. The lowest BCUT2D eigenvalue weighted by Crippen LogP contribution is -2.27. The van der Waals surface area contributed by atoms with Crippen LogP contribution in [0.1, 0.15) is 11.1 Å². The number of hydrogen-bond acceptors (Lipinski definition) is 10. The molecule has 0 aliphatic rings. The first-order chi connectivity index (χ1) is 14.9. The van der Waals surface area contributed by atoms with Crippen LogP contribution < -0.4 is 16.0 Å². The minimum atomic E-state index is -4.02. The van der Waals surface area contributed by atoms with Crippen LogP contribution in [0.25, 0.3) is 0 Å². The molecule has 0 bridgehead atoms. The maximum atomic E-state index is 10.9. The van der Waals surface area contributed by atoms with Gasteiger partial charge < -0.3 is 10.5 Å². The third-order valence-electron chi connectivity index (χ3n) is 3.49. The van der Waals surface area contributed by atoms with E-state index < -0.39 is 37.3 Å². The maximum Gasteiger partial charge on any atom is 0.318 e. The number of nitrogens with two attached hydrogens (primary N) is 1. The first kappa shape index (κ1) is 25.9. The van der Waals surface area contributed by atoms with Crippen molar-refractivity contribution in [2.45, 2.75) is 11.8 Å². The topological polar surface area (TPSA) is 233 Å². The summed E-state index contributed by atoms with van der Waals surface area (Å²) in [5.74, 6) is -0.662. The van der Waals surface area contributed by atoms with Crippen LogP contribution in [0.5, 0.6) is 5.75 Å². The molecule has 16 heteroatoms. The predicted molar refractivity (Wildman–Crippen MR) is 111 cm³/mol. The van der Waals surface area contributed by atoms with Crippen LogP contribution in [-0.4, -0.2) is 47.3 Å². The summed E-state index contributed by atoms with van der Waals surface area (Å²) in [5, 5.41) is 36.7. The number of rotatable bonds is 6. The quantitative estimate of drug-likeness (QED) is 0.155. The van der Waals surface area contributed by atoms with E-state index in [2.05, 4.69) is 10.2 Å². The van der Waals surface area contributed by atoms with Crippen LogP contribution in [0.15, 0.2) is 51.5 Å². The van der Waals surface area contributed by atoms with E-state index in [1.165, 1.54) is 24.7 Å². The zero-order chi connectivity index (χ0) is 24.5. The fraction of sp³-hybridized carbons (Fsp3) is 0.125. The van der Waals surface area contributed by atoms with Gasteiger partial charge in [-0.25, -0.2) is 5.48 Å². The number of nitro groups is 2. The van der Waals surface area contributed by atoms with Crippen molar-refractivity contribution in [3.8, 4) is 5.75 Å². The van der Waals surface area contributed by atoms with Crippen LogP contribution in [-0.2, 0) is 10.1 Å². The molecule has 0 aliphatic carbocycles. The molecule has 0 amide bonds. The van der Waals surface area contributed by atoms with Crippen LogP contribution >= 0.6 is 0 Å². The fourth-order valence-electron chi connectivity index (χ4n) is 2.07. The monoisotopic (exact) mass is 470 g/mol. The van der Waals surface area contributed by atoms with E-state index in [-0.39, 0.29) is 16.2 Å². The average Bonchev–Trinajstić information content (AvgIpc) is 2.72. The lowest BCUT2D eigenvalue weighted by atomic mass is 10.1. The smallest absolute Gasteiger partial charge is 0.318 e. The van der Waals surface area contributed by atoms with Gasteiger partial charge in [0.25, 0.3) is 15.8 Å². The number of aryl methyl sites for hydroxylation is 1. The number of guanidine groups is 1. The molecule has 0 radical (unpaired) electrons. The van der Waals surface area contributed by atoms with Gasteiger partial charge in [0, 0.05) is 6.07 Å². The van der Waals surface area contributed by atoms with Crippen molar-refractivity contribution in [3.05, 3.63) is 67.8 Å². The fourth-order valence-corrected chi connectivity index (χ4v) is 2.55. The Labute approximate surface area is 180 Å². The van der Waals surface area contributed by atoms with Gasteiger partial charge in [0.05, 0.1) is 39.7 Å². The second-order valence-electron chi connectivity index (χ2n) is 5.73. The van der Waals surface area contributed by atoms with Crippen molar-refractivity contribution in [2.24, 2.45) is 15.9 Å². The summed E-state index contributed by atoms with van der Waals surface area (Å²) >= 11 is 0. The number of hydrogen-bond donors (Lipinski definition) is 4. The highest BCUT2D eigenvalue weighted by atomic mass is 32.2. The Morgan fingerprint density at radius 2 is 1.78 bits per heavy atom. The number of non-ortho nitro benzene ring substituents is 1. The molecule has 0 aromatic heterocycles. The highest BCUT2D eigenvalue weighted by Gasteiger charge is 2.24. The van der Waals surface area contributed by atoms with Gasteiger partial charge in [-0.05, 0) is 19.1 Å². The lowest BCUT2D eigenvalue weighted by Gasteiger charge is -2.05. The van der Waals surface area contributed by atoms with Gasteiger partial charge in [0.1, 0.15) is 0 Å². The van der Waals surface area contributed by atoms with Crippen molar-refractivity contribution < 1.29 is 32.8 Å². The van der Waals surface area contributed by atoms with E-state index in [0.717, 1.165) is 23.9 Å². The second kappa shape index (κ2) is 11.3. The Morgan fingerprint density at radius 3 is 2.22 bits per heavy atom. The predicted octanol–water partition coefficient (Wildman–Crippen LogP) is 1.38. The molecule has 15 nitrogen and oxygen atoms in total. The van der Waals surface area contributed by atoms with Crippen molar-refractivity contribution >= 4 is 33.7 Å². The number of nitro benzene ring substituents is 2. The molecule has 0 atom stereocenters. The number of benzene rings is 2. The summed E-state index contributed by atoms with van der Waals surface area (Å²) in [5.41, 5.74) is 6.40. The molecule has 32 heavy (non-hydrogen) atoms. The van der Waals surface area contributed by atoms with Crippen molar-refractivity contribution in [3.63, 3.8) is 0 Å². The normalized spacial score (nSPS) is 11.4.